The molecule has 1 amide bonds. The number of halogens is 1. The van der Waals surface area contributed by atoms with Crippen LogP contribution in [0.1, 0.15) is 25.7 Å². The van der Waals surface area contributed by atoms with E-state index in [1.807, 2.05) is 12.1 Å². The summed E-state index contributed by atoms with van der Waals surface area (Å²) in [5, 5.41) is 2.74. The molecule has 0 unspecified atom stereocenters. The second-order valence-electron chi connectivity index (χ2n) is 6.82. The van der Waals surface area contributed by atoms with Crippen LogP contribution in [-0.2, 0) is 14.8 Å². The number of hydrogen-bond acceptors (Lipinski definition) is 4. The molecule has 6 nitrogen and oxygen atoms in total. The zero-order valence-corrected chi connectivity index (χ0v) is 18.0. The molecule has 150 valence electrons. The average Bonchev–Trinajstić information content (AvgIpc) is 3.14. The normalized spacial score (nSPS) is 14.6. The number of rotatable bonds is 7. The van der Waals surface area contributed by atoms with Gasteiger partial charge in [0.15, 0.2) is 0 Å². The van der Waals surface area contributed by atoms with Crippen molar-refractivity contribution in [1.82, 2.24) is 0 Å². The molecular weight excluding hydrogens is 444 g/mol. The molecule has 1 aliphatic rings. The minimum Gasteiger partial charge on any atom is -0.490 e. The number of hydrogen-bond donors (Lipinski definition) is 1. The predicted molar refractivity (Wildman–Crippen MR) is 114 cm³/mol. The highest BCUT2D eigenvalue weighted by Crippen LogP contribution is 2.28. The minimum atomic E-state index is -3.63. The zero-order chi connectivity index (χ0) is 20.1. The van der Waals surface area contributed by atoms with Gasteiger partial charge in [-0.05, 0) is 78.0 Å². The van der Waals surface area contributed by atoms with E-state index in [9.17, 15) is 13.2 Å². The predicted octanol–water partition coefficient (Wildman–Crippen LogP) is 4.18. The van der Waals surface area contributed by atoms with Gasteiger partial charge in [0, 0.05) is 10.2 Å². The van der Waals surface area contributed by atoms with E-state index < -0.39 is 15.9 Å². The summed E-state index contributed by atoms with van der Waals surface area (Å²) in [4.78, 5) is 12.5. The first-order chi connectivity index (χ1) is 13.3. The number of nitrogens with one attached hydrogen (secondary N) is 1. The molecule has 0 aromatic heterocycles. The molecule has 0 radical (unpaired) electrons. The molecule has 0 spiro atoms. The maximum absolute atomic E-state index is 12.5. The number of anilines is 2. The van der Waals surface area contributed by atoms with Crippen molar-refractivity contribution >= 4 is 43.2 Å². The Bertz CT molecular complexity index is 925. The summed E-state index contributed by atoms with van der Waals surface area (Å²) in [6, 6.07) is 14.0. The Morgan fingerprint density at radius 1 is 1.14 bits per heavy atom. The summed E-state index contributed by atoms with van der Waals surface area (Å²) < 4.78 is 32.0. The van der Waals surface area contributed by atoms with E-state index in [1.54, 1.807) is 36.4 Å². The highest BCUT2D eigenvalue weighted by molar-refractivity contribution is 9.10. The Kier molecular flexibility index (Phi) is 6.61. The maximum atomic E-state index is 12.5. The fourth-order valence-corrected chi connectivity index (χ4v) is 4.67. The van der Waals surface area contributed by atoms with Crippen molar-refractivity contribution in [1.29, 1.82) is 0 Å². The van der Waals surface area contributed by atoms with E-state index in [0.717, 1.165) is 29.2 Å². The fourth-order valence-electron chi connectivity index (χ4n) is 3.18. The summed E-state index contributed by atoms with van der Waals surface area (Å²) >= 11 is 3.34. The number of para-hydroxylation sites is 1. The van der Waals surface area contributed by atoms with E-state index in [0.29, 0.717) is 15.8 Å². The topological polar surface area (TPSA) is 75.7 Å². The lowest BCUT2D eigenvalue weighted by Crippen LogP contribution is -2.37. The van der Waals surface area contributed by atoms with Crippen LogP contribution in [0.15, 0.2) is 53.0 Å². The first-order valence-electron chi connectivity index (χ1n) is 9.12. The Morgan fingerprint density at radius 3 is 2.39 bits per heavy atom. The van der Waals surface area contributed by atoms with Crippen LogP contribution in [-0.4, -0.2) is 33.2 Å². The largest absolute Gasteiger partial charge is 0.490 e. The van der Waals surface area contributed by atoms with E-state index in [1.165, 1.54) is 12.8 Å². The van der Waals surface area contributed by atoms with Crippen molar-refractivity contribution in [3.8, 4) is 5.75 Å². The van der Waals surface area contributed by atoms with Gasteiger partial charge in [-0.1, -0.05) is 12.1 Å². The van der Waals surface area contributed by atoms with Gasteiger partial charge >= 0.3 is 0 Å². The Hall–Kier alpha value is -2.06. The van der Waals surface area contributed by atoms with Crippen LogP contribution in [0, 0.1) is 0 Å². The molecule has 1 N–H and O–H groups in total. The van der Waals surface area contributed by atoms with Gasteiger partial charge in [-0.15, -0.1) is 0 Å². The summed E-state index contributed by atoms with van der Waals surface area (Å²) in [5.74, 6) is 0.349. The van der Waals surface area contributed by atoms with E-state index in [2.05, 4.69) is 21.2 Å². The second kappa shape index (κ2) is 8.96. The van der Waals surface area contributed by atoms with Gasteiger partial charge in [0.1, 0.15) is 12.3 Å². The lowest BCUT2D eigenvalue weighted by Gasteiger charge is -2.23. The first-order valence-corrected chi connectivity index (χ1v) is 11.8. The van der Waals surface area contributed by atoms with Crippen molar-refractivity contribution in [2.45, 2.75) is 31.8 Å². The number of sulfonamides is 1. The molecule has 0 heterocycles. The third kappa shape index (κ3) is 5.48. The number of carbonyl (C=O) groups excluding carboxylic acids is 1. The quantitative estimate of drug-likeness (QED) is 0.663. The molecule has 1 saturated carbocycles. The van der Waals surface area contributed by atoms with Crippen molar-refractivity contribution in [2.75, 3.05) is 22.4 Å². The number of carbonyl (C=O) groups is 1. The number of benzene rings is 2. The van der Waals surface area contributed by atoms with Crippen LogP contribution in [0.25, 0.3) is 0 Å². The molecule has 2 aromatic carbocycles. The first kappa shape index (κ1) is 20.7. The van der Waals surface area contributed by atoms with Crippen molar-refractivity contribution < 1.29 is 17.9 Å². The molecule has 3 rings (SSSR count). The van der Waals surface area contributed by atoms with Gasteiger partial charge in [-0.25, -0.2) is 8.42 Å². The van der Waals surface area contributed by atoms with E-state index in [-0.39, 0.29) is 12.6 Å². The molecule has 0 saturated heterocycles. The van der Waals surface area contributed by atoms with Gasteiger partial charge in [0.2, 0.25) is 15.9 Å². The Morgan fingerprint density at radius 2 is 1.79 bits per heavy atom. The maximum Gasteiger partial charge on any atom is 0.245 e. The fraction of sp³-hybridized carbons (Fsp3) is 0.350. The van der Waals surface area contributed by atoms with Gasteiger partial charge < -0.3 is 10.1 Å². The van der Waals surface area contributed by atoms with Gasteiger partial charge in [-0.3, -0.25) is 9.10 Å². The third-order valence-corrected chi connectivity index (χ3v) is 6.35. The van der Waals surface area contributed by atoms with Crippen molar-refractivity contribution in [3.63, 3.8) is 0 Å². The van der Waals surface area contributed by atoms with Crippen molar-refractivity contribution in [2.24, 2.45) is 0 Å². The molecule has 0 bridgehead atoms. The standard InChI is InChI=1S/C20H23BrN2O4S/c1-28(25,26)23(19-9-5-4-8-18(19)21)14-20(24)22-15-10-12-17(13-11-15)27-16-6-2-3-7-16/h4-5,8-13,16H,2-3,6-7,14H2,1H3,(H,22,24). The molecule has 1 aliphatic carbocycles. The molecular formula is C20H23BrN2O4S. The Balaban J connectivity index is 1.65. The highest BCUT2D eigenvalue weighted by atomic mass is 79.9. The number of ether oxygens (including phenoxy) is 1. The molecule has 8 heteroatoms. The van der Waals surface area contributed by atoms with Gasteiger partial charge in [0.05, 0.1) is 18.0 Å². The van der Waals surface area contributed by atoms with E-state index in [4.69, 9.17) is 4.74 Å². The van der Waals surface area contributed by atoms with Crippen LogP contribution >= 0.6 is 15.9 Å². The van der Waals surface area contributed by atoms with Crippen LogP contribution in [0.2, 0.25) is 0 Å². The summed E-state index contributed by atoms with van der Waals surface area (Å²) in [7, 11) is -3.63. The zero-order valence-electron chi connectivity index (χ0n) is 15.6. The second-order valence-corrected chi connectivity index (χ2v) is 9.58. The van der Waals surface area contributed by atoms with Gasteiger partial charge in [-0.2, -0.15) is 0 Å². The molecule has 1 fully saturated rings. The lowest BCUT2D eigenvalue weighted by atomic mass is 10.2. The molecule has 28 heavy (non-hydrogen) atoms. The van der Waals surface area contributed by atoms with Crippen LogP contribution in [0.4, 0.5) is 11.4 Å². The average molecular weight is 467 g/mol. The molecule has 2 aromatic rings. The number of amides is 1. The molecule has 0 atom stereocenters. The third-order valence-electron chi connectivity index (χ3n) is 4.55. The highest BCUT2D eigenvalue weighted by Gasteiger charge is 2.22. The van der Waals surface area contributed by atoms with Crippen molar-refractivity contribution in [3.05, 3.63) is 53.0 Å². The SMILES string of the molecule is CS(=O)(=O)N(CC(=O)Nc1ccc(OC2CCCC2)cc1)c1ccccc1Br. The van der Waals surface area contributed by atoms with Crippen LogP contribution in [0.5, 0.6) is 5.75 Å². The van der Waals surface area contributed by atoms with Crippen LogP contribution < -0.4 is 14.4 Å². The van der Waals surface area contributed by atoms with Crippen LogP contribution in [0.3, 0.4) is 0 Å². The smallest absolute Gasteiger partial charge is 0.245 e. The lowest BCUT2D eigenvalue weighted by molar-refractivity contribution is -0.114. The summed E-state index contributed by atoms with van der Waals surface area (Å²) in [5.41, 5.74) is 1.00. The van der Waals surface area contributed by atoms with E-state index >= 15 is 0 Å². The number of nitrogens with zero attached hydrogens (tertiary/aromatic N) is 1. The molecule has 0 aliphatic heterocycles. The Labute approximate surface area is 174 Å². The minimum absolute atomic E-state index is 0.271. The van der Waals surface area contributed by atoms with Gasteiger partial charge in [0.25, 0.3) is 0 Å². The summed E-state index contributed by atoms with van der Waals surface area (Å²) in [6.07, 6.45) is 5.91. The summed E-state index contributed by atoms with van der Waals surface area (Å²) in [6.45, 7) is -0.318. The monoisotopic (exact) mass is 466 g/mol.